The van der Waals surface area contributed by atoms with Gasteiger partial charge in [-0.05, 0) is 64.6 Å². The smallest absolute Gasteiger partial charge is 0.349 e. The summed E-state index contributed by atoms with van der Waals surface area (Å²) < 4.78 is 11.1. The van der Waals surface area contributed by atoms with Gasteiger partial charge in [-0.15, -0.1) is 0 Å². The highest BCUT2D eigenvalue weighted by atomic mass is 127. The molecule has 0 saturated carbocycles. The van der Waals surface area contributed by atoms with Crippen LogP contribution in [0.3, 0.4) is 0 Å². The Kier molecular flexibility index (Phi) is 5.70. The van der Waals surface area contributed by atoms with Gasteiger partial charge < -0.3 is 9.15 Å². The third kappa shape index (κ3) is 4.62. The highest BCUT2D eigenvalue weighted by Gasteiger charge is 2.15. The van der Waals surface area contributed by atoms with Gasteiger partial charge in [0.2, 0.25) is 0 Å². The second kappa shape index (κ2) is 8.17. The molecule has 6 nitrogen and oxygen atoms in total. The Labute approximate surface area is 168 Å². The number of imide groups is 1. The van der Waals surface area contributed by atoms with Crippen LogP contribution >= 0.6 is 22.6 Å². The van der Waals surface area contributed by atoms with Gasteiger partial charge in [0.25, 0.3) is 11.8 Å². The molecular weight excluding hydrogens is 461 g/mol. The van der Waals surface area contributed by atoms with Gasteiger partial charge in [-0.25, -0.2) is 4.79 Å². The predicted molar refractivity (Wildman–Crippen MR) is 110 cm³/mol. The number of hydrogen-bond acceptors (Lipinski definition) is 5. The lowest BCUT2D eigenvalue weighted by atomic mass is 10.1. The van der Waals surface area contributed by atoms with Crippen LogP contribution in [0.4, 0.5) is 0 Å². The number of carbonyl (C=O) groups is 2. The largest absolute Gasteiger partial charge is 0.497 e. The molecule has 0 spiro atoms. The molecule has 1 aromatic heterocycles. The number of nitrogens with one attached hydrogen (secondary N) is 1. The summed E-state index contributed by atoms with van der Waals surface area (Å²) in [4.78, 5) is 36.2. The summed E-state index contributed by atoms with van der Waals surface area (Å²) in [6, 6.07) is 13.7. The summed E-state index contributed by atoms with van der Waals surface area (Å²) in [5, 5.41) is 2.75. The first-order valence-corrected chi connectivity index (χ1v) is 8.95. The summed E-state index contributed by atoms with van der Waals surface area (Å²) >= 11 is 2.09. The molecule has 0 bridgehead atoms. The number of fused-ring (bicyclic) bond motifs is 1. The topological polar surface area (TPSA) is 85.6 Å². The molecule has 1 heterocycles. The summed E-state index contributed by atoms with van der Waals surface area (Å²) in [6.07, 6.45) is 2.76. The first-order valence-electron chi connectivity index (χ1n) is 7.87. The molecule has 0 aliphatic rings. The fourth-order valence-corrected chi connectivity index (χ4v) is 2.81. The Morgan fingerprint density at radius 2 is 1.85 bits per heavy atom. The zero-order valence-electron chi connectivity index (χ0n) is 14.2. The van der Waals surface area contributed by atoms with E-state index in [4.69, 9.17) is 9.15 Å². The molecule has 0 unspecified atom stereocenters. The molecule has 27 heavy (non-hydrogen) atoms. The lowest BCUT2D eigenvalue weighted by molar-refractivity contribution is -0.115. The Hall–Kier alpha value is -2.94. The number of carbonyl (C=O) groups excluding carboxylic acids is 2. The fourth-order valence-electron chi connectivity index (χ4n) is 2.35. The quantitative estimate of drug-likeness (QED) is 0.356. The van der Waals surface area contributed by atoms with Crippen molar-refractivity contribution in [1.29, 1.82) is 0 Å². The van der Waals surface area contributed by atoms with Crippen molar-refractivity contribution in [2.75, 3.05) is 7.11 Å². The van der Waals surface area contributed by atoms with Crippen LogP contribution in [0.25, 0.3) is 17.0 Å². The molecule has 2 aromatic carbocycles. The maximum atomic E-state index is 12.2. The van der Waals surface area contributed by atoms with Crippen LogP contribution in [-0.2, 0) is 4.79 Å². The normalized spacial score (nSPS) is 10.9. The molecule has 0 saturated heterocycles. The van der Waals surface area contributed by atoms with Gasteiger partial charge in [0.1, 0.15) is 16.9 Å². The maximum absolute atomic E-state index is 12.2. The highest BCUT2D eigenvalue weighted by molar-refractivity contribution is 14.1. The van der Waals surface area contributed by atoms with Gasteiger partial charge in [-0.3, -0.25) is 14.9 Å². The van der Waals surface area contributed by atoms with Gasteiger partial charge in [0.15, 0.2) is 0 Å². The van der Waals surface area contributed by atoms with E-state index < -0.39 is 17.4 Å². The van der Waals surface area contributed by atoms with E-state index in [0.717, 1.165) is 9.13 Å². The molecule has 7 heteroatoms. The van der Waals surface area contributed by atoms with Crippen LogP contribution in [0.15, 0.2) is 63.8 Å². The van der Waals surface area contributed by atoms with Crippen molar-refractivity contribution >= 4 is 51.5 Å². The van der Waals surface area contributed by atoms with E-state index in [9.17, 15) is 14.4 Å². The number of hydrogen-bond donors (Lipinski definition) is 1. The fraction of sp³-hybridized carbons (Fsp3) is 0.0500. The minimum Gasteiger partial charge on any atom is -0.497 e. The first-order chi connectivity index (χ1) is 13.0. The molecule has 3 rings (SSSR count). The second-order valence-electron chi connectivity index (χ2n) is 5.55. The van der Waals surface area contributed by atoms with Crippen LogP contribution in [-0.4, -0.2) is 18.9 Å². The number of methoxy groups -OCH3 is 1. The minimum atomic E-state index is -0.811. The average Bonchev–Trinajstić information content (AvgIpc) is 2.66. The van der Waals surface area contributed by atoms with Crippen molar-refractivity contribution in [3.05, 3.63) is 79.7 Å². The van der Waals surface area contributed by atoms with Crippen LogP contribution < -0.4 is 15.7 Å². The van der Waals surface area contributed by atoms with Gasteiger partial charge in [-0.2, -0.15) is 0 Å². The van der Waals surface area contributed by atoms with E-state index in [-0.39, 0.29) is 5.56 Å². The molecule has 3 aromatic rings. The van der Waals surface area contributed by atoms with Crippen LogP contribution in [0.1, 0.15) is 15.9 Å². The van der Waals surface area contributed by atoms with E-state index in [2.05, 4.69) is 27.9 Å². The zero-order chi connectivity index (χ0) is 19.4. The average molecular weight is 475 g/mol. The number of benzene rings is 2. The van der Waals surface area contributed by atoms with Crippen molar-refractivity contribution in [3.8, 4) is 5.75 Å². The number of amides is 2. The van der Waals surface area contributed by atoms with Crippen molar-refractivity contribution in [3.63, 3.8) is 0 Å². The van der Waals surface area contributed by atoms with Crippen molar-refractivity contribution in [1.82, 2.24) is 5.32 Å². The van der Waals surface area contributed by atoms with Gasteiger partial charge in [-0.1, -0.05) is 18.2 Å². The monoisotopic (exact) mass is 475 g/mol. The SMILES string of the molecule is COc1ccc(/C=C/C(=O)NC(=O)c2cc3ccc(I)cc3oc2=O)cc1. The van der Waals surface area contributed by atoms with Gasteiger partial charge in [0, 0.05) is 15.0 Å². The van der Waals surface area contributed by atoms with E-state index >= 15 is 0 Å². The summed E-state index contributed by atoms with van der Waals surface area (Å²) in [5.41, 5.74) is 0.122. The summed E-state index contributed by atoms with van der Waals surface area (Å²) in [5.74, 6) is -0.754. The Balaban J connectivity index is 1.74. The third-order valence-corrected chi connectivity index (χ3v) is 4.39. The van der Waals surface area contributed by atoms with E-state index in [1.54, 1.807) is 49.6 Å². The number of rotatable bonds is 4. The van der Waals surface area contributed by atoms with Crippen molar-refractivity contribution in [2.24, 2.45) is 0 Å². The second-order valence-corrected chi connectivity index (χ2v) is 6.80. The molecule has 0 aliphatic carbocycles. The molecule has 1 N–H and O–H groups in total. The molecule has 136 valence electrons. The Morgan fingerprint density at radius 1 is 1.11 bits per heavy atom. The molecule has 2 amide bonds. The molecule has 0 aliphatic heterocycles. The molecule has 0 fully saturated rings. The molecular formula is C20H14INO5. The molecule has 0 radical (unpaired) electrons. The van der Waals surface area contributed by atoms with Crippen molar-refractivity contribution in [2.45, 2.75) is 0 Å². The number of halogens is 1. The number of ether oxygens (including phenoxy) is 1. The summed E-state index contributed by atoms with van der Waals surface area (Å²) in [7, 11) is 1.56. The summed E-state index contributed by atoms with van der Waals surface area (Å²) in [6.45, 7) is 0. The van der Waals surface area contributed by atoms with Crippen molar-refractivity contribution < 1.29 is 18.7 Å². The predicted octanol–water partition coefficient (Wildman–Crippen LogP) is 3.38. The standard InChI is InChI=1S/C20H14INO5/c1-26-15-7-2-12(3-8-15)4-9-18(23)22-19(24)16-10-13-5-6-14(21)11-17(13)27-20(16)25/h2-11H,1H3,(H,22,23,24)/b9-4+. The van der Waals surface area contributed by atoms with E-state index in [1.165, 1.54) is 12.1 Å². The lowest BCUT2D eigenvalue weighted by Gasteiger charge is -2.03. The van der Waals surface area contributed by atoms with Gasteiger partial charge in [0.05, 0.1) is 7.11 Å². The third-order valence-electron chi connectivity index (χ3n) is 3.72. The first kappa shape index (κ1) is 18.8. The van der Waals surface area contributed by atoms with E-state index in [0.29, 0.717) is 16.7 Å². The molecule has 0 atom stereocenters. The van der Waals surface area contributed by atoms with Crippen LogP contribution in [0, 0.1) is 3.57 Å². The zero-order valence-corrected chi connectivity index (χ0v) is 16.4. The Bertz CT molecular complexity index is 1100. The van der Waals surface area contributed by atoms with Gasteiger partial charge >= 0.3 is 5.63 Å². The highest BCUT2D eigenvalue weighted by Crippen LogP contribution is 2.17. The minimum absolute atomic E-state index is 0.227. The van der Waals surface area contributed by atoms with Crippen LogP contribution in [0.5, 0.6) is 5.75 Å². The lowest BCUT2D eigenvalue weighted by Crippen LogP contribution is -2.32. The van der Waals surface area contributed by atoms with E-state index in [1.807, 2.05) is 6.07 Å². The van der Waals surface area contributed by atoms with Crippen LogP contribution in [0.2, 0.25) is 0 Å². The maximum Gasteiger partial charge on any atom is 0.349 e. The Morgan fingerprint density at radius 3 is 2.56 bits per heavy atom.